The monoisotopic (exact) mass is 363 g/mol. The van der Waals surface area contributed by atoms with Crippen LogP contribution in [0.3, 0.4) is 0 Å². The summed E-state index contributed by atoms with van der Waals surface area (Å²) in [5, 5.41) is 4.58. The third-order valence-electron chi connectivity index (χ3n) is 4.95. The topological polar surface area (TPSA) is 76.1 Å². The summed E-state index contributed by atoms with van der Waals surface area (Å²) in [5.74, 6) is 1.19. The summed E-state index contributed by atoms with van der Waals surface area (Å²) in [6.45, 7) is 7.98. The molecule has 0 unspecified atom stereocenters. The Morgan fingerprint density at radius 2 is 1.74 bits per heavy atom. The Morgan fingerprint density at radius 1 is 0.963 bits per heavy atom. The minimum atomic E-state index is 0.304. The van der Waals surface area contributed by atoms with Crippen molar-refractivity contribution in [3.05, 3.63) is 47.8 Å². The first-order chi connectivity index (χ1) is 13.0. The van der Waals surface area contributed by atoms with E-state index in [1.807, 2.05) is 29.8 Å². The molecule has 1 aliphatic rings. The van der Waals surface area contributed by atoms with E-state index < -0.39 is 0 Å². The molecule has 4 rings (SSSR count). The van der Waals surface area contributed by atoms with Crippen molar-refractivity contribution in [2.45, 2.75) is 13.8 Å². The van der Waals surface area contributed by atoms with E-state index in [0.29, 0.717) is 5.95 Å². The van der Waals surface area contributed by atoms with E-state index in [1.165, 1.54) is 0 Å². The number of nitrogen functional groups attached to an aromatic ring is 1. The summed E-state index contributed by atoms with van der Waals surface area (Å²) in [6, 6.07) is 12.3. The molecular weight excluding hydrogens is 338 g/mol. The Kier molecular flexibility index (Phi) is 4.53. The lowest BCUT2D eigenvalue weighted by atomic mass is 10.1. The highest BCUT2D eigenvalue weighted by Crippen LogP contribution is 2.25. The number of hydrogen-bond donors (Lipinski definition) is 1. The van der Waals surface area contributed by atoms with Gasteiger partial charge in [0, 0.05) is 43.5 Å². The molecule has 0 saturated carbocycles. The quantitative estimate of drug-likeness (QED) is 0.769. The normalized spacial score (nSPS) is 15.3. The zero-order chi connectivity index (χ0) is 19.0. The second-order valence-electron chi connectivity index (χ2n) is 7.15. The molecule has 7 nitrogen and oxygen atoms in total. The number of nitrogens with zero attached hydrogens (tertiary/aromatic N) is 6. The number of anilines is 2. The van der Waals surface area contributed by atoms with Crippen molar-refractivity contribution in [3.63, 3.8) is 0 Å². The summed E-state index contributed by atoms with van der Waals surface area (Å²) in [4.78, 5) is 13.5. The van der Waals surface area contributed by atoms with Crippen molar-refractivity contribution < 1.29 is 0 Å². The summed E-state index contributed by atoms with van der Waals surface area (Å²) >= 11 is 0. The first-order valence-corrected chi connectivity index (χ1v) is 9.22. The predicted molar refractivity (Wildman–Crippen MR) is 108 cm³/mol. The Labute approximate surface area is 159 Å². The molecule has 7 heteroatoms. The summed E-state index contributed by atoms with van der Waals surface area (Å²) in [5.41, 5.74) is 11.0. The number of nitrogens with two attached hydrogens (primary N) is 1. The smallest absolute Gasteiger partial charge is 0.222 e. The highest BCUT2D eigenvalue weighted by molar-refractivity contribution is 5.66. The van der Waals surface area contributed by atoms with Crippen molar-refractivity contribution in [1.29, 1.82) is 0 Å². The van der Waals surface area contributed by atoms with Gasteiger partial charge in [0.05, 0.1) is 17.1 Å². The molecule has 2 N–H and O–H groups in total. The van der Waals surface area contributed by atoms with Gasteiger partial charge in [-0.15, -0.1) is 0 Å². The lowest BCUT2D eigenvalue weighted by molar-refractivity contribution is 0.312. The maximum Gasteiger partial charge on any atom is 0.222 e. The number of benzene rings is 1. The van der Waals surface area contributed by atoms with Gasteiger partial charge in [-0.3, -0.25) is 0 Å². The van der Waals surface area contributed by atoms with Gasteiger partial charge in [-0.2, -0.15) is 10.1 Å². The van der Waals surface area contributed by atoms with Gasteiger partial charge in [-0.25, -0.2) is 9.67 Å². The Morgan fingerprint density at radius 3 is 2.44 bits per heavy atom. The second kappa shape index (κ2) is 7.00. The van der Waals surface area contributed by atoms with E-state index >= 15 is 0 Å². The molecule has 27 heavy (non-hydrogen) atoms. The van der Waals surface area contributed by atoms with Gasteiger partial charge in [-0.1, -0.05) is 12.1 Å². The molecule has 2 aromatic heterocycles. The van der Waals surface area contributed by atoms with Gasteiger partial charge < -0.3 is 15.5 Å². The summed E-state index contributed by atoms with van der Waals surface area (Å²) in [6.07, 6.45) is 0. The number of aromatic nitrogens is 4. The maximum atomic E-state index is 6.03. The van der Waals surface area contributed by atoms with Gasteiger partial charge in [0.15, 0.2) is 0 Å². The van der Waals surface area contributed by atoms with Crippen molar-refractivity contribution >= 4 is 11.8 Å². The molecule has 0 atom stereocenters. The third-order valence-corrected chi connectivity index (χ3v) is 4.95. The number of likely N-dealkylation sites (N-methyl/N-ethyl adjacent to an activating group) is 1. The van der Waals surface area contributed by atoms with Gasteiger partial charge >= 0.3 is 0 Å². The van der Waals surface area contributed by atoms with Crippen molar-refractivity contribution in [2.75, 3.05) is 43.9 Å². The van der Waals surface area contributed by atoms with Crippen LogP contribution in [-0.2, 0) is 0 Å². The highest BCUT2D eigenvalue weighted by Gasteiger charge is 2.17. The summed E-state index contributed by atoms with van der Waals surface area (Å²) < 4.78 is 1.95. The molecule has 3 aromatic rings. The minimum Gasteiger partial charge on any atom is -0.368 e. The van der Waals surface area contributed by atoms with Crippen LogP contribution >= 0.6 is 0 Å². The van der Waals surface area contributed by atoms with E-state index in [4.69, 9.17) is 5.73 Å². The Hall–Kier alpha value is -2.93. The summed E-state index contributed by atoms with van der Waals surface area (Å²) in [7, 11) is 2.14. The number of aryl methyl sites for hydroxylation is 2. The van der Waals surface area contributed by atoms with Crippen LogP contribution in [0.25, 0.3) is 16.9 Å². The molecule has 1 aromatic carbocycles. The number of rotatable bonds is 3. The van der Waals surface area contributed by atoms with E-state index in [1.54, 1.807) is 0 Å². The minimum absolute atomic E-state index is 0.304. The van der Waals surface area contributed by atoms with Crippen LogP contribution in [0.1, 0.15) is 11.4 Å². The van der Waals surface area contributed by atoms with Crippen LogP contribution in [0, 0.1) is 13.8 Å². The largest absolute Gasteiger partial charge is 0.368 e. The van der Waals surface area contributed by atoms with Crippen molar-refractivity contribution in [1.82, 2.24) is 24.6 Å². The van der Waals surface area contributed by atoms with Crippen LogP contribution in [0.2, 0.25) is 0 Å². The molecule has 0 amide bonds. The zero-order valence-electron chi connectivity index (χ0n) is 16.1. The lowest BCUT2D eigenvalue weighted by Crippen LogP contribution is -2.44. The first kappa shape index (κ1) is 17.5. The molecule has 0 aliphatic carbocycles. The Bertz CT molecular complexity index is 955. The standard InChI is InChI=1S/C20H25N7/c1-14-11-15(2)27(24-14)17-6-4-5-16(12-17)18-13-19(23-20(21)22-18)26-9-7-25(3)8-10-26/h4-6,11-13H,7-10H2,1-3H3,(H2,21,22,23). The van der Waals surface area contributed by atoms with Crippen molar-refractivity contribution in [2.24, 2.45) is 0 Å². The lowest BCUT2D eigenvalue weighted by Gasteiger charge is -2.33. The SMILES string of the molecule is Cc1cc(C)n(-c2cccc(-c3cc(N4CCN(C)CC4)nc(N)n3)c2)n1. The van der Waals surface area contributed by atoms with Gasteiger partial charge in [0.1, 0.15) is 5.82 Å². The average Bonchev–Trinajstić information content (AvgIpc) is 3.00. The van der Waals surface area contributed by atoms with Crippen LogP contribution in [0.5, 0.6) is 0 Å². The molecular formula is C20H25N7. The molecule has 3 heterocycles. The zero-order valence-corrected chi connectivity index (χ0v) is 16.1. The number of hydrogen-bond acceptors (Lipinski definition) is 6. The molecule has 140 valence electrons. The van der Waals surface area contributed by atoms with Crippen LogP contribution in [0.15, 0.2) is 36.4 Å². The fraction of sp³-hybridized carbons (Fsp3) is 0.350. The maximum absolute atomic E-state index is 6.03. The molecule has 0 radical (unpaired) electrons. The van der Waals surface area contributed by atoms with Crippen molar-refractivity contribution in [3.8, 4) is 16.9 Å². The Balaban J connectivity index is 1.69. The van der Waals surface area contributed by atoms with Gasteiger partial charge in [-0.05, 0) is 39.1 Å². The molecule has 1 saturated heterocycles. The van der Waals surface area contributed by atoms with Crippen LogP contribution in [-0.4, -0.2) is 57.9 Å². The third kappa shape index (κ3) is 3.64. The van der Waals surface area contributed by atoms with E-state index in [2.05, 4.69) is 57.0 Å². The molecule has 0 bridgehead atoms. The van der Waals surface area contributed by atoms with E-state index in [9.17, 15) is 0 Å². The van der Waals surface area contributed by atoms with Crippen LogP contribution < -0.4 is 10.6 Å². The highest BCUT2D eigenvalue weighted by atomic mass is 15.3. The van der Waals surface area contributed by atoms with Crippen LogP contribution in [0.4, 0.5) is 11.8 Å². The number of piperazine rings is 1. The molecule has 0 spiro atoms. The fourth-order valence-electron chi connectivity index (χ4n) is 3.49. The van der Waals surface area contributed by atoms with Gasteiger partial charge in [0.2, 0.25) is 5.95 Å². The fourth-order valence-corrected chi connectivity index (χ4v) is 3.49. The van der Waals surface area contributed by atoms with Gasteiger partial charge in [0.25, 0.3) is 0 Å². The average molecular weight is 363 g/mol. The van der Waals surface area contributed by atoms with E-state index in [0.717, 1.165) is 60.3 Å². The first-order valence-electron chi connectivity index (χ1n) is 9.22. The van der Waals surface area contributed by atoms with E-state index in [-0.39, 0.29) is 0 Å². The second-order valence-corrected chi connectivity index (χ2v) is 7.15. The predicted octanol–water partition coefficient (Wildman–Crippen LogP) is 2.28. The molecule has 1 fully saturated rings. The molecule has 1 aliphatic heterocycles.